The quantitative estimate of drug-likeness (QED) is 0.535. The molecule has 0 aromatic rings. The molecular formula is H2CuFeNiSr. The molecular weight excluding hydrogens is 266 g/mol. The van der Waals surface area contributed by atoms with Crippen molar-refractivity contribution in [1.82, 2.24) is 0 Å². The minimum atomic E-state index is 0. The Labute approximate surface area is 97.0 Å². The van der Waals surface area contributed by atoms with E-state index in [0.29, 0.717) is 0 Å². The van der Waals surface area contributed by atoms with Crippen LogP contribution in [0.1, 0.15) is 2.85 Å². The van der Waals surface area contributed by atoms with E-state index >= 15 is 0 Å². The second-order valence-electron chi connectivity index (χ2n) is 0. The molecule has 0 saturated carbocycles. The molecule has 0 aliphatic heterocycles. The van der Waals surface area contributed by atoms with Crippen molar-refractivity contribution in [3.05, 3.63) is 0 Å². The molecule has 0 amide bonds. The van der Waals surface area contributed by atoms with Crippen molar-refractivity contribution < 1.29 is 53.5 Å². The average Bonchev–Trinajstić information content (AvgIpc) is 0. The molecule has 0 bridgehead atoms. The minimum absolute atomic E-state index is 0. The molecule has 0 aromatic carbocycles. The van der Waals surface area contributed by atoms with Crippen molar-refractivity contribution in [1.29, 1.82) is 0 Å². The zero-order chi connectivity index (χ0) is 0. The summed E-state index contributed by atoms with van der Waals surface area (Å²) in [6.07, 6.45) is 0. The van der Waals surface area contributed by atoms with Crippen molar-refractivity contribution >= 4 is 45.5 Å². The molecule has 1 radical (unpaired) electrons. The van der Waals surface area contributed by atoms with Crippen LogP contribution in [0.2, 0.25) is 0 Å². The van der Waals surface area contributed by atoms with Crippen LogP contribution in [0, 0.1) is 0 Å². The monoisotopic (exact) mass is 267 g/mol. The van der Waals surface area contributed by atoms with Gasteiger partial charge in [-0.15, -0.1) is 0 Å². The summed E-state index contributed by atoms with van der Waals surface area (Å²) in [4.78, 5) is 0. The topological polar surface area (TPSA) is 0 Å². The Morgan fingerprint density at radius 2 is 1.25 bits per heavy atom. The first-order valence-corrected chi connectivity index (χ1v) is 0. The first kappa shape index (κ1) is 27.9. The van der Waals surface area contributed by atoms with Crippen LogP contribution in [0.15, 0.2) is 0 Å². The fourth-order valence-corrected chi connectivity index (χ4v) is 0. The molecule has 33 valence electrons. The fourth-order valence-electron chi connectivity index (χ4n) is 0. The van der Waals surface area contributed by atoms with E-state index in [2.05, 4.69) is 0 Å². The summed E-state index contributed by atoms with van der Waals surface area (Å²) in [5, 5.41) is 0. The molecule has 0 saturated heterocycles. The number of hydrogen-bond acceptors (Lipinski definition) is 0. The summed E-state index contributed by atoms with van der Waals surface area (Å²) < 4.78 is 0. The van der Waals surface area contributed by atoms with Crippen molar-refractivity contribution in [2.24, 2.45) is 0 Å². The van der Waals surface area contributed by atoms with Gasteiger partial charge in [-0.25, -0.2) is 0 Å². The molecule has 0 spiro atoms. The van der Waals surface area contributed by atoms with Gasteiger partial charge in [0, 0.05) is 50.6 Å². The Morgan fingerprint density at radius 1 is 1.25 bits per heavy atom. The van der Waals surface area contributed by atoms with Crippen LogP contribution < -0.4 is 0 Å². The maximum Gasteiger partial charge on any atom is 2.00 e. The molecule has 0 aliphatic carbocycles. The van der Waals surface area contributed by atoms with Gasteiger partial charge in [0.05, 0.1) is 0 Å². The van der Waals surface area contributed by atoms with Crippen LogP contribution in [-0.4, -0.2) is 45.5 Å². The van der Waals surface area contributed by atoms with E-state index < -0.39 is 0 Å². The van der Waals surface area contributed by atoms with Gasteiger partial charge >= 0.3 is 45.5 Å². The maximum absolute atomic E-state index is 0. The molecule has 0 heterocycles. The number of rotatable bonds is 0. The van der Waals surface area contributed by atoms with Crippen molar-refractivity contribution in [2.45, 2.75) is 0 Å². The van der Waals surface area contributed by atoms with Gasteiger partial charge in [0.2, 0.25) is 0 Å². The molecule has 0 aliphatic rings. The van der Waals surface area contributed by atoms with E-state index in [9.17, 15) is 0 Å². The van der Waals surface area contributed by atoms with Crippen LogP contribution >= 0.6 is 0 Å². The number of hydrogen-bond donors (Lipinski definition) is 0. The van der Waals surface area contributed by atoms with Crippen LogP contribution in [0.25, 0.3) is 0 Å². The Morgan fingerprint density at radius 3 is 1.25 bits per heavy atom. The summed E-state index contributed by atoms with van der Waals surface area (Å²) in [6, 6.07) is 0. The van der Waals surface area contributed by atoms with E-state index in [0.717, 1.165) is 0 Å². The average molecular weight is 268 g/mol. The predicted molar refractivity (Wildman–Crippen MR) is 7.98 cm³/mol. The molecule has 0 nitrogen and oxygen atoms in total. The summed E-state index contributed by atoms with van der Waals surface area (Å²) in [5.41, 5.74) is 0. The van der Waals surface area contributed by atoms with Crippen LogP contribution in [0.5, 0.6) is 0 Å². The Hall–Kier alpha value is 3.01. The third kappa shape index (κ3) is 8.89. The Bertz CT molecular complexity index is 13.5. The standard InChI is InChI=1S/Cu.Fe.Ni.Sr.2H/q;;;+2;2*-1. The van der Waals surface area contributed by atoms with E-state index in [4.69, 9.17) is 0 Å². The first-order valence-electron chi connectivity index (χ1n) is 0. The molecule has 0 fully saturated rings. The molecule has 0 atom stereocenters. The van der Waals surface area contributed by atoms with Crippen LogP contribution in [0.3, 0.4) is 0 Å². The van der Waals surface area contributed by atoms with Crippen molar-refractivity contribution in [2.75, 3.05) is 0 Å². The first-order chi connectivity index (χ1) is 0. The van der Waals surface area contributed by atoms with E-state index in [1.54, 1.807) is 0 Å². The van der Waals surface area contributed by atoms with E-state index in [-0.39, 0.29) is 99.0 Å². The SMILES string of the molecule is [Cu].[Fe].[H-].[H-].[Ni].[Sr+2]. The second-order valence-corrected chi connectivity index (χ2v) is 0. The molecule has 0 unspecified atom stereocenters. The normalized spacial score (nSPS) is 0. The van der Waals surface area contributed by atoms with Crippen molar-refractivity contribution in [3.8, 4) is 0 Å². The van der Waals surface area contributed by atoms with E-state index in [1.165, 1.54) is 0 Å². The van der Waals surface area contributed by atoms with Gasteiger partial charge in [-0.05, 0) is 0 Å². The summed E-state index contributed by atoms with van der Waals surface area (Å²) in [5.74, 6) is 0. The molecule has 4 heavy (non-hydrogen) atoms. The van der Waals surface area contributed by atoms with E-state index in [1.807, 2.05) is 0 Å². The zero-order valence-electron chi connectivity index (χ0n) is 3.68. The summed E-state index contributed by atoms with van der Waals surface area (Å²) in [7, 11) is 0. The molecule has 0 rings (SSSR count). The summed E-state index contributed by atoms with van der Waals surface area (Å²) >= 11 is 0. The smallest absolute Gasteiger partial charge is 1.00 e. The van der Waals surface area contributed by atoms with Gasteiger partial charge < -0.3 is 2.85 Å². The molecule has 0 aromatic heterocycles. The van der Waals surface area contributed by atoms with Crippen LogP contribution in [-0.2, 0) is 50.6 Å². The fraction of sp³-hybridized carbons (Fsp3) is 0. The van der Waals surface area contributed by atoms with Gasteiger partial charge in [0.15, 0.2) is 0 Å². The van der Waals surface area contributed by atoms with Crippen molar-refractivity contribution in [3.63, 3.8) is 0 Å². The maximum atomic E-state index is 0. The third-order valence-corrected chi connectivity index (χ3v) is 0. The summed E-state index contributed by atoms with van der Waals surface area (Å²) in [6.45, 7) is 0. The largest absolute Gasteiger partial charge is 2.00 e. The zero-order valence-corrected chi connectivity index (χ0v) is 8.19. The van der Waals surface area contributed by atoms with Crippen LogP contribution in [0.4, 0.5) is 0 Å². The van der Waals surface area contributed by atoms with Gasteiger partial charge in [-0.2, -0.15) is 0 Å². The molecule has 0 N–H and O–H groups in total. The predicted octanol–water partition coefficient (Wildman–Crippen LogP) is -0.163. The van der Waals surface area contributed by atoms with Gasteiger partial charge in [0.25, 0.3) is 0 Å². The Kier molecular flexibility index (Phi) is 116. The van der Waals surface area contributed by atoms with Gasteiger partial charge in [-0.1, -0.05) is 0 Å². The minimum Gasteiger partial charge on any atom is -1.00 e. The van der Waals surface area contributed by atoms with Gasteiger partial charge in [0.1, 0.15) is 0 Å². The second kappa shape index (κ2) is 16.6. The van der Waals surface area contributed by atoms with Gasteiger partial charge in [-0.3, -0.25) is 0 Å². The molecule has 4 heteroatoms. The third-order valence-electron chi connectivity index (χ3n) is 0. The Balaban J connectivity index is 0.